The smallest absolute Gasteiger partial charge is 0.406 e. The van der Waals surface area contributed by atoms with Crippen LogP contribution in [0.25, 0.3) is 6.08 Å². The molecule has 0 saturated heterocycles. The van der Waals surface area contributed by atoms with Crippen LogP contribution >= 0.6 is 0 Å². The molecule has 10 heteroatoms. The summed E-state index contributed by atoms with van der Waals surface area (Å²) in [6.07, 6.45) is 3.91. The highest BCUT2D eigenvalue weighted by atomic mass is 16.5. The van der Waals surface area contributed by atoms with Crippen molar-refractivity contribution in [2.45, 2.75) is 44.5 Å². The minimum atomic E-state index is -1.08. The quantitative estimate of drug-likeness (QED) is 0.538. The molecule has 2 amide bonds. The van der Waals surface area contributed by atoms with E-state index in [-0.39, 0.29) is 25.2 Å². The van der Waals surface area contributed by atoms with Gasteiger partial charge in [-0.3, -0.25) is 4.79 Å². The zero-order valence-electron chi connectivity index (χ0n) is 18.6. The molecule has 172 valence electrons. The fourth-order valence-corrected chi connectivity index (χ4v) is 3.26. The normalized spacial score (nSPS) is 16.2. The van der Waals surface area contributed by atoms with Crippen LogP contribution in [0.2, 0.25) is 0 Å². The minimum absolute atomic E-state index is 0.135. The molecule has 1 aromatic heterocycles. The van der Waals surface area contributed by atoms with Gasteiger partial charge in [0.25, 0.3) is 0 Å². The molecule has 1 aliphatic heterocycles. The molecule has 10 nitrogen and oxygen atoms in total. The molecule has 2 aromatic rings. The van der Waals surface area contributed by atoms with Gasteiger partial charge in [0.05, 0.1) is 24.8 Å². The third-order valence-electron chi connectivity index (χ3n) is 5.00. The minimum Gasteiger partial charge on any atom is -0.447 e. The molecule has 0 bridgehead atoms. The molecule has 0 saturated carbocycles. The fraction of sp³-hybridized carbons (Fsp3) is 0.455. The maximum absolute atomic E-state index is 12.7. The van der Waals surface area contributed by atoms with E-state index in [0.717, 1.165) is 5.56 Å². The number of hydrogen-bond acceptors (Lipinski definition) is 7. The first kappa shape index (κ1) is 23.4. The summed E-state index contributed by atoms with van der Waals surface area (Å²) in [6.45, 7) is 3.94. The number of nitrogens with zero attached hydrogens (tertiary/aromatic N) is 3. The second kappa shape index (κ2) is 10.4. The van der Waals surface area contributed by atoms with Gasteiger partial charge in [-0.2, -0.15) is 0 Å². The van der Waals surface area contributed by atoms with Crippen molar-refractivity contribution in [1.82, 2.24) is 25.4 Å². The van der Waals surface area contributed by atoms with Crippen molar-refractivity contribution in [3.05, 3.63) is 53.6 Å². The van der Waals surface area contributed by atoms with E-state index in [0.29, 0.717) is 24.7 Å². The zero-order valence-corrected chi connectivity index (χ0v) is 18.6. The Hall–Kier alpha value is -3.24. The average molecular weight is 443 g/mol. The summed E-state index contributed by atoms with van der Waals surface area (Å²) in [5.41, 5.74) is 5.92. The second-order valence-electron chi connectivity index (χ2n) is 8.18. The number of fused-ring (bicyclic) bond motifs is 1. The van der Waals surface area contributed by atoms with Crippen molar-refractivity contribution in [2.75, 3.05) is 20.3 Å². The number of carbonyl (C=O) groups is 2. The Morgan fingerprint density at radius 1 is 1.28 bits per heavy atom. The SMILES string of the molecule is CNC(=O)OCC1CC=Cc2nnc([C@@H](COCc3ccccc3)NC(=O)C(C)(C)N)n21. The van der Waals surface area contributed by atoms with Crippen LogP contribution in [0.4, 0.5) is 4.79 Å². The molecule has 0 radical (unpaired) electrons. The molecule has 2 atom stereocenters. The topological polar surface area (TPSA) is 133 Å². The Labute approximate surface area is 187 Å². The lowest BCUT2D eigenvalue weighted by atomic mass is 10.1. The van der Waals surface area contributed by atoms with Gasteiger partial charge in [0.15, 0.2) is 11.6 Å². The monoisotopic (exact) mass is 442 g/mol. The number of aromatic nitrogens is 3. The lowest BCUT2D eigenvalue weighted by Gasteiger charge is -2.28. The predicted octanol–water partition coefficient (Wildman–Crippen LogP) is 1.70. The Bertz CT molecular complexity index is 951. The van der Waals surface area contributed by atoms with Crippen molar-refractivity contribution >= 4 is 18.1 Å². The van der Waals surface area contributed by atoms with Crippen LogP contribution in [-0.2, 0) is 20.9 Å². The second-order valence-corrected chi connectivity index (χ2v) is 8.18. The van der Waals surface area contributed by atoms with Gasteiger partial charge in [0.2, 0.25) is 5.91 Å². The third kappa shape index (κ3) is 5.92. The first-order chi connectivity index (χ1) is 15.3. The summed E-state index contributed by atoms with van der Waals surface area (Å²) in [5, 5.41) is 13.9. The van der Waals surface area contributed by atoms with E-state index in [1.807, 2.05) is 47.1 Å². The van der Waals surface area contributed by atoms with Gasteiger partial charge < -0.3 is 30.4 Å². The number of amides is 2. The van der Waals surface area contributed by atoms with E-state index in [1.165, 1.54) is 7.05 Å². The first-order valence-corrected chi connectivity index (χ1v) is 10.5. The first-order valence-electron chi connectivity index (χ1n) is 10.5. The summed E-state index contributed by atoms with van der Waals surface area (Å²) in [7, 11) is 1.50. The van der Waals surface area contributed by atoms with Crippen molar-refractivity contribution in [3.63, 3.8) is 0 Å². The number of rotatable bonds is 9. The molecule has 1 unspecified atom stereocenters. The third-order valence-corrected chi connectivity index (χ3v) is 5.00. The lowest BCUT2D eigenvalue weighted by Crippen LogP contribution is -2.51. The number of ether oxygens (including phenoxy) is 2. The Morgan fingerprint density at radius 2 is 2.03 bits per heavy atom. The number of nitrogens with one attached hydrogen (secondary N) is 2. The van der Waals surface area contributed by atoms with Crippen molar-refractivity contribution < 1.29 is 19.1 Å². The lowest BCUT2D eigenvalue weighted by molar-refractivity contribution is -0.126. The molecule has 1 aliphatic rings. The maximum atomic E-state index is 12.7. The van der Waals surface area contributed by atoms with E-state index in [9.17, 15) is 9.59 Å². The van der Waals surface area contributed by atoms with Crippen molar-refractivity contribution in [2.24, 2.45) is 5.73 Å². The van der Waals surface area contributed by atoms with Gasteiger partial charge in [0, 0.05) is 7.05 Å². The van der Waals surface area contributed by atoms with Crippen LogP contribution < -0.4 is 16.4 Å². The predicted molar refractivity (Wildman–Crippen MR) is 118 cm³/mol. The van der Waals surface area contributed by atoms with E-state index >= 15 is 0 Å². The van der Waals surface area contributed by atoms with Gasteiger partial charge >= 0.3 is 6.09 Å². The molecule has 1 aromatic carbocycles. The molecule has 32 heavy (non-hydrogen) atoms. The molecule has 0 fully saturated rings. The van der Waals surface area contributed by atoms with Gasteiger partial charge in [-0.25, -0.2) is 4.79 Å². The van der Waals surface area contributed by atoms with E-state index in [1.54, 1.807) is 13.8 Å². The van der Waals surface area contributed by atoms with Crippen LogP contribution in [0.3, 0.4) is 0 Å². The summed E-state index contributed by atoms with van der Waals surface area (Å²) in [4.78, 5) is 24.2. The van der Waals surface area contributed by atoms with Crippen molar-refractivity contribution in [1.29, 1.82) is 0 Å². The fourth-order valence-electron chi connectivity index (χ4n) is 3.26. The summed E-state index contributed by atoms with van der Waals surface area (Å²) < 4.78 is 13.1. The van der Waals surface area contributed by atoms with Crippen LogP contribution in [0.5, 0.6) is 0 Å². The highest BCUT2D eigenvalue weighted by Crippen LogP contribution is 2.27. The Balaban J connectivity index is 1.82. The van der Waals surface area contributed by atoms with Crippen LogP contribution in [-0.4, -0.2) is 52.6 Å². The highest BCUT2D eigenvalue weighted by Gasteiger charge is 2.31. The summed E-state index contributed by atoms with van der Waals surface area (Å²) in [5.74, 6) is 0.791. The molecule has 2 heterocycles. The number of hydrogen-bond donors (Lipinski definition) is 3. The number of carbonyl (C=O) groups excluding carboxylic acids is 2. The molecular formula is C22H30N6O4. The zero-order chi connectivity index (χ0) is 23.1. The number of allylic oxidation sites excluding steroid dienone is 1. The molecule has 0 aliphatic carbocycles. The summed E-state index contributed by atoms with van der Waals surface area (Å²) >= 11 is 0. The molecule has 0 spiro atoms. The number of benzene rings is 1. The summed E-state index contributed by atoms with van der Waals surface area (Å²) in [6, 6.07) is 8.94. The number of nitrogens with two attached hydrogens (primary N) is 1. The highest BCUT2D eigenvalue weighted by molar-refractivity contribution is 5.85. The van der Waals surface area contributed by atoms with Crippen molar-refractivity contribution in [3.8, 4) is 0 Å². The maximum Gasteiger partial charge on any atom is 0.406 e. The molecular weight excluding hydrogens is 412 g/mol. The average Bonchev–Trinajstić information content (AvgIpc) is 3.21. The standard InChI is InChI=1S/C22H30N6O4/c1-22(2,23)20(29)25-17(14-31-12-15-8-5-4-6-9-15)19-27-26-18-11-7-10-16(28(18)19)13-32-21(30)24-3/h4-9,11,16-17H,10,12-14,23H2,1-3H3,(H,24,30)(H,25,29)/t16?,17-/m1/s1. The van der Waals surface area contributed by atoms with Crippen LogP contribution in [0, 0.1) is 0 Å². The Morgan fingerprint density at radius 3 is 2.72 bits per heavy atom. The van der Waals surface area contributed by atoms with Gasteiger partial charge in [-0.05, 0) is 31.9 Å². The Kier molecular flexibility index (Phi) is 7.60. The van der Waals surface area contributed by atoms with Crippen LogP contribution in [0.15, 0.2) is 36.4 Å². The van der Waals surface area contributed by atoms with E-state index < -0.39 is 17.7 Å². The van der Waals surface area contributed by atoms with Gasteiger partial charge in [-0.1, -0.05) is 36.4 Å². The van der Waals surface area contributed by atoms with Gasteiger partial charge in [0.1, 0.15) is 12.6 Å². The van der Waals surface area contributed by atoms with E-state index in [2.05, 4.69) is 20.8 Å². The molecule has 3 rings (SSSR count). The largest absolute Gasteiger partial charge is 0.447 e. The van der Waals surface area contributed by atoms with Crippen LogP contribution in [0.1, 0.15) is 49.6 Å². The van der Waals surface area contributed by atoms with Gasteiger partial charge in [-0.15, -0.1) is 10.2 Å². The number of alkyl carbamates (subject to hydrolysis) is 1. The van der Waals surface area contributed by atoms with E-state index in [4.69, 9.17) is 15.2 Å². The molecule has 4 N–H and O–H groups in total.